The Labute approximate surface area is 71.0 Å². The molecule has 1 heterocycles. The zero-order valence-electron chi connectivity index (χ0n) is 7.12. The number of aliphatic hydroxyl groups excluding tert-OH is 1. The van der Waals surface area contributed by atoms with E-state index >= 15 is 0 Å². The third-order valence-electron chi connectivity index (χ3n) is 2.42. The van der Waals surface area contributed by atoms with Crippen molar-refractivity contribution in [1.29, 1.82) is 0 Å². The first-order chi connectivity index (χ1) is 5.72. The van der Waals surface area contributed by atoms with Crippen LogP contribution in [-0.2, 0) is 26.4 Å². The summed E-state index contributed by atoms with van der Waals surface area (Å²) in [7, 11) is 1.90. The van der Waals surface area contributed by atoms with E-state index in [1.807, 2.05) is 11.7 Å². The number of fused-ring (bicyclic) bond motifs is 1. The molecule has 12 heavy (non-hydrogen) atoms. The molecule has 1 unspecified atom stereocenters. The van der Waals surface area contributed by atoms with E-state index in [0.29, 0.717) is 6.54 Å². The van der Waals surface area contributed by atoms with E-state index in [2.05, 4.69) is 5.10 Å². The molecule has 66 valence electrons. The van der Waals surface area contributed by atoms with Gasteiger partial charge in [-0.05, 0) is 0 Å². The summed E-state index contributed by atoms with van der Waals surface area (Å²) in [4.78, 5) is 0. The van der Waals surface area contributed by atoms with Gasteiger partial charge in [-0.2, -0.15) is 5.10 Å². The predicted octanol–water partition coefficient (Wildman–Crippen LogP) is -0.662. The van der Waals surface area contributed by atoms with Crippen LogP contribution in [0.25, 0.3) is 0 Å². The van der Waals surface area contributed by atoms with Crippen LogP contribution < -0.4 is 5.73 Å². The maximum atomic E-state index is 9.40. The molecule has 1 aliphatic carbocycles. The predicted molar refractivity (Wildman–Crippen MR) is 44.5 cm³/mol. The van der Waals surface area contributed by atoms with Crippen molar-refractivity contribution in [3.63, 3.8) is 0 Å². The van der Waals surface area contributed by atoms with Gasteiger partial charge in [0.15, 0.2) is 0 Å². The van der Waals surface area contributed by atoms with E-state index in [4.69, 9.17) is 5.73 Å². The van der Waals surface area contributed by atoms with E-state index in [-0.39, 0.29) is 6.10 Å². The maximum absolute atomic E-state index is 9.40. The van der Waals surface area contributed by atoms with Crippen molar-refractivity contribution in [2.75, 3.05) is 0 Å². The molecule has 0 amide bonds. The second-order valence-corrected chi connectivity index (χ2v) is 3.26. The molecule has 0 fully saturated rings. The number of aromatic nitrogens is 2. The van der Waals surface area contributed by atoms with Crippen LogP contribution in [0.1, 0.15) is 17.0 Å². The first kappa shape index (κ1) is 7.76. The number of aryl methyl sites for hydroxylation is 1. The third kappa shape index (κ3) is 0.956. The number of rotatable bonds is 1. The Bertz CT molecular complexity index is 305. The Morgan fingerprint density at radius 2 is 2.42 bits per heavy atom. The van der Waals surface area contributed by atoms with Crippen LogP contribution in [0.4, 0.5) is 0 Å². The van der Waals surface area contributed by atoms with Gasteiger partial charge >= 0.3 is 0 Å². The topological polar surface area (TPSA) is 64.1 Å². The second-order valence-electron chi connectivity index (χ2n) is 3.26. The van der Waals surface area contributed by atoms with Gasteiger partial charge in [-0.3, -0.25) is 4.68 Å². The van der Waals surface area contributed by atoms with Gasteiger partial charge in [0.25, 0.3) is 0 Å². The SMILES string of the molecule is Cn1nc(CN)c2c1CC(O)C2. The van der Waals surface area contributed by atoms with Gasteiger partial charge in [0.05, 0.1) is 11.8 Å². The fourth-order valence-electron chi connectivity index (χ4n) is 1.85. The molecule has 4 heteroatoms. The Kier molecular flexibility index (Phi) is 1.66. The van der Waals surface area contributed by atoms with Crippen molar-refractivity contribution in [1.82, 2.24) is 9.78 Å². The standard InChI is InChI=1S/C8H13N3O/c1-11-8-3-5(12)2-6(8)7(4-9)10-11/h5,12H,2-4,9H2,1H3. The summed E-state index contributed by atoms with van der Waals surface area (Å²) >= 11 is 0. The number of hydrogen-bond acceptors (Lipinski definition) is 3. The van der Waals surface area contributed by atoms with Gasteiger partial charge in [-0.1, -0.05) is 0 Å². The molecule has 3 N–H and O–H groups in total. The molecule has 2 rings (SSSR count). The molecule has 4 nitrogen and oxygen atoms in total. The lowest BCUT2D eigenvalue weighted by molar-refractivity contribution is 0.184. The van der Waals surface area contributed by atoms with Gasteiger partial charge in [0.1, 0.15) is 0 Å². The summed E-state index contributed by atoms with van der Waals surface area (Å²) in [5, 5.41) is 13.7. The van der Waals surface area contributed by atoms with Gasteiger partial charge in [0, 0.05) is 37.7 Å². The van der Waals surface area contributed by atoms with E-state index in [1.54, 1.807) is 0 Å². The summed E-state index contributed by atoms with van der Waals surface area (Å²) in [5.74, 6) is 0. The molecule has 0 saturated carbocycles. The molecular formula is C8H13N3O. The van der Waals surface area contributed by atoms with Crippen LogP contribution in [0.2, 0.25) is 0 Å². The van der Waals surface area contributed by atoms with Crippen LogP contribution in [0.15, 0.2) is 0 Å². The lowest BCUT2D eigenvalue weighted by Crippen LogP contribution is -2.10. The third-order valence-corrected chi connectivity index (χ3v) is 2.42. The van der Waals surface area contributed by atoms with Crippen LogP contribution in [0.5, 0.6) is 0 Å². The molecule has 1 atom stereocenters. The van der Waals surface area contributed by atoms with Crippen molar-refractivity contribution in [2.45, 2.75) is 25.5 Å². The van der Waals surface area contributed by atoms with Crippen LogP contribution in [0.3, 0.4) is 0 Å². The highest BCUT2D eigenvalue weighted by molar-refractivity contribution is 5.32. The van der Waals surface area contributed by atoms with Crippen molar-refractivity contribution in [2.24, 2.45) is 12.8 Å². The molecule has 1 aliphatic rings. The van der Waals surface area contributed by atoms with Crippen LogP contribution >= 0.6 is 0 Å². The van der Waals surface area contributed by atoms with Gasteiger partial charge in [0.2, 0.25) is 0 Å². The smallest absolute Gasteiger partial charge is 0.0796 e. The number of hydrogen-bond donors (Lipinski definition) is 2. The molecule has 1 aromatic heterocycles. The fraction of sp³-hybridized carbons (Fsp3) is 0.625. The van der Waals surface area contributed by atoms with Crippen molar-refractivity contribution < 1.29 is 5.11 Å². The number of aliphatic hydroxyl groups is 1. The summed E-state index contributed by atoms with van der Waals surface area (Å²) in [5.41, 5.74) is 8.76. The minimum Gasteiger partial charge on any atom is -0.392 e. The highest BCUT2D eigenvalue weighted by Gasteiger charge is 2.26. The highest BCUT2D eigenvalue weighted by Crippen LogP contribution is 2.24. The summed E-state index contributed by atoms with van der Waals surface area (Å²) in [6.07, 6.45) is 1.21. The minimum absolute atomic E-state index is 0.227. The largest absolute Gasteiger partial charge is 0.392 e. The molecule has 0 spiro atoms. The Morgan fingerprint density at radius 3 is 3.08 bits per heavy atom. The fourth-order valence-corrected chi connectivity index (χ4v) is 1.85. The Morgan fingerprint density at radius 1 is 1.67 bits per heavy atom. The maximum Gasteiger partial charge on any atom is 0.0796 e. The van der Waals surface area contributed by atoms with Gasteiger partial charge in [-0.15, -0.1) is 0 Å². The highest BCUT2D eigenvalue weighted by atomic mass is 16.3. The van der Waals surface area contributed by atoms with E-state index in [9.17, 15) is 5.11 Å². The molecule has 0 aromatic carbocycles. The molecule has 0 bridgehead atoms. The molecule has 0 saturated heterocycles. The molecule has 0 aliphatic heterocycles. The van der Waals surface area contributed by atoms with E-state index < -0.39 is 0 Å². The normalized spacial score (nSPS) is 21.4. The van der Waals surface area contributed by atoms with Crippen molar-refractivity contribution in [3.05, 3.63) is 17.0 Å². The average molecular weight is 167 g/mol. The Balaban J connectivity index is 2.45. The molecule has 1 aromatic rings. The van der Waals surface area contributed by atoms with Gasteiger partial charge in [-0.25, -0.2) is 0 Å². The van der Waals surface area contributed by atoms with Gasteiger partial charge < -0.3 is 10.8 Å². The average Bonchev–Trinajstić information content (AvgIpc) is 2.52. The summed E-state index contributed by atoms with van der Waals surface area (Å²) in [6.45, 7) is 0.468. The first-order valence-corrected chi connectivity index (χ1v) is 4.14. The second kappa shape index (κ2) is 2.57. The van der Waals surface area contributed by atoms with E-state index in [0.717, 1.165) is 29.8 Å². The lowest BCUT2D eigenvalue weighted by Gasteiger charge is -1.99. The molecule has 0 radical (unpaired) electrons. The minimum atomic E-state index is -0.227. The monoisotopic (exact) mass is 167 g/mol. The summed E-state index contributed by atoms with van der Waals surface area (Å²) < 4.78 is 1.83. The summed E-state index contributed by atoms with van der Waals surface area (Å²) in [6, 6.07) is 0. The lowest BCUT2D eigenvalue weighted by atomic mass is 10.2. The van der Waals surface area contributed by atoms with E-state index in [1.165, 1.54) is 0 Å². The number of nitrogens with zero attached hydrogens (tertiary/aromatic N) is 2. The zero-order valence-corrected chi connectivity index (χ0v) is 7.12. The quantitative estimate of drug-likeness (QED) is 0.583. The van der Waals surface area contributed by atoms with Crippen molar-refractivity contribution >= 4 is 0 Å². The number of nitrogens with two attached hydrogens (primary N) is 1. The van der Waals surface area contributed by atoms with Crippen LogP contribution in [0, 0.1) is 0 Å². The zero-order chi connectivity index (χ0) is 8.72. The molecular weight excluding hydrogens is 154 g/mol. The first-order valence-electron chi connectivity index (χ1n) is 4.14. The Hall–Kier alpha value is -0.870. The van der Waals surface area contributed by atoms with Crippen molar-refractivity contribution in [3.8, 4) is 0 Å². The van der Waals surface area contributed by atoms with Crippen LogP contribution in [-0.4, -0.2) is 21.0 Å².